The molecule has 0 unspecified atom stereocenters. The van der Waals surface area contributed by atoms with Crippen molar-refractivity contribution >= 4 is 46.3 Å². The van der Waals surface area contributed by atoms with Crippen LogP contribution in [0.3, 0.4) is 0 Å². The molecule has 2 aromatic rings. The van der Waals surface area contributed by atoms with Gasteiger partial charge < -0.3 is 9.47 Å². The lowest BCUT2D eigenvalue weighted by atomic mass is 10.2. The summed E-state index contributed by atoms with van der Waals surface area (Å²) in [4.78, 5) is 26.3. The first-order valence-corrected chi connectivity index (χ1v) is 11.0. The lowest BCUT2D eigenvalue weighted by Gasteiger charge is -2.13. The van der Waals surface area contributed by atoms with Gasteiger partial charge >= 0.3 is 5.97 Å². The molecule has 5 nitrogen and oxygen atoms in total. The second-order valence-corrected chi connectivity index (χ2v) is 8.26. The summed E-state index contributed by atoms with van der Waals surface area (Å²) in [5, 5.41) is 0. The van der Waals surface area contributed by atoms with Crippen molar-refractivity contribution in [3.8, 4) is 5.75 Å². The number of hydrogen-bond acceptors (Lipinski definition) is 6. The van der Waals surface area contributed by atoms with Gasteiger partial charge in [-0.05, 0) is 42.7 Å². The minimum atomic E-state index is -0.259. The molecule has 3 rings (SSSR count). The summed E-state index contributed by atoms with van der Waals surface area (Å²) in [5.41, 5.74) is 1.96. The van der Waals surface area contributed by atoms with E-state index in [-0.39, 0.29) is 18.3 Å². The molecule has 1 fully saturated rings. The highest BCUT2D eigenvalue weighted by atomic mass is 32.2. The molecule has 30 heavy (non-hydrogen) atoms. The molecule has 1 aliphatic heterocycles. The maximum Gasteiger partial charge on any atom is 0.305 e. The third-order valence-corrected chi connectivity index (χ3v) is 5.72. The van der Waals surface area contributed by atoms with Crippen LogP contribution in [0.2, 0.25) is 0 Å². The number of benzene rings is 2. The van der Waals surface area contributed by atoms with E-state index in [1.807, 2.05) is 60.7 Å². The van der Waals surface area contributed by atoms with Gasteiger partial charge in [-0.3, -0.25) is 14.5 Å². The molecule has 0 spiro atoms. The fourth-order valence-corrected chi connectivity index (χ4v) is 4.20. The summed E-state index contributed by atoms with van der Waals surface area (Å²) in [6, 6.07) is 17.5. The zero-order valence-electron chi connectivity index (χ0n) is 16.7. The summed E-state index contributed by atoms with van der Waals surface area (Å²) in [6.07, 6.45) is 2.60. The highest BCUT2D eigenvalue weighted by Crippen LogP contribution is 2.33. The molecule has 1 aliphatic rings. The summed E-state index contributed by atoms with van der Waals surface area (Å²) < 4.78 is 11.3. The molecule has 1 heterocycles. The highest BCUT2D eigenvalue weighted by Gasteiger charge is 2.31. The average molecular weight is 442 g/mol. The van der Waals surface area contributed by atoms with E-state index in [1.54, 1.807) is 11.8 Å². The molecule has 156 valence electrons. The van der Waals surface area contributed by atoms with Gasteiger partial charge in [0.25, 0.3) is 5.91 Å². The van der Waals surface area contributed by atoms with Gasteiger partial charge in [-0.1, -0.05) is 66.4 Å². The fraction of sp³-hybridized carbons (Fsp3) is 0.261. The lowest BCUT2D eigenvalue weighted by molar-refractivity contribution is -0.143. The normalized spacial score (nSPS) is 15.0. The van der Waals surface area contributed by atoms with Crippen LogP contribution < -0.4 is 4.74 Å². The maximum atomic E-state index is 12.7. The minimum Gasteiger partial charge on any atom is -0.489 e. The van der Waals surface area contributed by atoms with Gasteiger partial charge in [-0.2, -0.15) is 0 Å². The molecule has 7 heteroatoms. The van der Waals surface area contributed by atoms with Crippen LogP contribution in [0.5, 0.6) is 5.75 Å². The second-order valence-electron chi connectivity index (χ2n) is 6.59. The van der Waals surface area contributed by atoms with Gasteiger partial charge in [-0.25, -0.2) is 0 Å². The Bertz CT molecular complexity index is 943. The molecule has 0 atom stereocenters. The third kappa shape index (κ3) is 6.18. The zero-order chi connectivity index (χ0) is 21.3. The van der Waals surface area contributed by atoms with Crippen molar-refractivity contribution in [3.05, 3.63) is 70.6 Å². The summed E-state index contributed by atoms with van der Waals surface area (Å²) >= 11 is 6.62. The first kappa shape index (κ1) is 22.1. The van der Waals surface area contributed by atoms with Gasteiger partial charge in [0.15, 0.2) is 0 Å². The van der Waals surface area contributed by atoms with Gasteiger partial charge in [0, 0.05) is 13.0 Å². The number of nitrogens with zero attached hydrogens (tertiary/aromatic N) is 1. The molecular formula is C23H23NO4S2. The number of esters is 1. The molecular weight excluding hydrogens is 418 g/mol. The van der Waals surface area contributed by atoms with Crippen LogP contribution in [0, 0.1) is 0 Å². The first-order chi connectivity index (χ1) is 14.6. The van der Waals surface area contributed by atoms with Gasteiger partial charge in [0.1, 0.15) is 16.7 Å². The van der Waals surface area contributed by atoms with Crippen LogP contribution in [-0.4, -0.2) is 34.2 Å². The zero-order valence-corrected chi connectivity index (χ0v) is 18.3. The Morgan fingerprint density at radius 2 is 1.97 bits per heavy atom. The fourth-order valence-electron chi connectivity index (χ4n) is 2.89. The van der Waals surface area contributed by atoms with Crippen molar-refractivity contribution in [2.24, 2.45) is 0 Å². The molecule has 0 saturated carbocycles. The molecule has 0 radical (unpaired) electrons. The minimum absolute atomic E-state index is 0.135. The van der Waals surface area contributed by atoms with Gasteiger partial charge in [0.05, 0.1) is 11.5 Å². The monoisotopic (exact) mass is 441 g/mol. The summed E-state index contributed by atoms with van der Waals surface area (Å²) in [7, 11) is 0. The Kier molecular flexibility index (Phi) is 8.04. The van der Waals surface area contributed by atoms with Crippen molar-refractivity contribution in [3.63, 3.8) is 0 Å². The summed E-state index contributed by atoms with van der Waals surface area (Å²) in [6.45, 7) is 3.01. The predicted octanol–water partition coefficient (Wildman–Crippen LogP) is 4.81. The number of rotatable bonds is 9. The van der Waals surface area contributed by atoms with Crippen LogP contribution >= 0.6 is 24.0 Å². The van der Waals surface area contributed by atoms with Crippen molar-refractivity contribution in [2.75, 3.05) is 13.2 Å². The first-order valence-electron chi connectivity index (χ1n) is 9.74. The second kappa shape index (κ2) is 10.9. The van der Waals surface area contributed by atoms with Crippen molar-refractivity contribution < 1.29 is 19.1 Å². The number of thiocarbonyl (C=S) groups is 1. The summed E-state index contributed by atoms with van der Waals surface area (Å²) in [5.74, 6) is 0.341. The van der Waals surface area contributed by atoms with E-state index in [0.29, 0.717) is 35.4 Å². The van der Waals surface area contributed by atoms with Crippen LogP contribution in [-0.2, 0) is 20.9 Å². The molecule has 1 amide bonds. The Labute approximate surface area is 186 Å². The van der Waals surface area contributed by atoms with Crippen molar-refractivity contribution in [1.29, 1.82) is 0 Å². The van der Waals surface area contributed by atoms with E-state index < -0.39 is 0 Å². The smallest absolute Gasteiger partial charge is 0.305 e. The number of hydrogen-bond donors (Lipinski definition) is 0. The molecule has 0 aromatic heterocycles. The van der Waals surface area contributed by atoms with E-state index >= 15 is 0 Å². The Morgan fingerprint density at radius 3 is 2.73 bits per heavy atom. The van der Waals surface area contributed by atoms with Gasteiger partial charge in [-0.15, -0.1) is 0 Å². The number of carbonyl (C=O) groups excluding carboxylic acids is 2. The van der Waals surface area contributed by atoms with Crippen LogP contribution in [0.25, 0.3) is 6.08 Å². The highest BCUT2D eigenvalue weighted by molar-refractivity contribution is 8.26. The van der Waals surface area contributed by atoms with E-state index in [2.05, 4.69) is 0 Å². The van der Waals surface area contributed by atoms with E-state index in [4.69, 9.17) is 21.7 Å². The molecule has 2 aromatic carbocycles. The maximum absolute atomic E-state index is 12.7. The van der Waals surface area contributed by atoms with Crippen molar-refractivity contribution in [1.82, 2.24) is 4.90 Å². The quantitative estimate of drug-likeness (QED) is 0.316. The number of carbonyl (C=O) groups is 2. The predicted molar refractivity (Wildman–Crippen MR) is 123 cm³/mol. The van der Waals surface area contributed by atoms with E-state index in [9.17, 15) is 9.59 Å². The Morgan fingerprint density at radius 1 is 1.17 bits per heavy atom. The molecule has 1 saturated heterocycles. The number of thioether (sulfide) groups is 1. The average Bonchev–Trinajstić information content (AvgIpc) is 3.01. The molecule has 0 aliphatic carbocycles. The van der Waals surface area contributed by atoms with E-state index in [1.165, 1.54) is 11.8 Å². The van der Waals surface area contributed by atoms with Crippen LogP contribution in [0.15, 0.2) is 59.5 Å². The topological polar surface area (TPSA) is 55.8 Å². The Balaban J connectivity index is 1.60. The Hall–Kier alpha value is -2.64. The molecule has 0 bridgehead atoms. The van der Waals surface area contributed by atoms with E-state index in [0.717, 1.165) is 16.9 Å². The SMILES string of the molecule is CCOC(=O)CCCN1C(=O)/C(=C/c2cccc(OCc3ccccc3)c2)SC1=S. The van der Waals surface area contributed by atoms with Crippen molar-refractivity contribution in [2.45, 2.75) is 26.4 Å². The lowest BCUT2D eigenvalue weighted by Crippen LogP contribution is -2.29. The third-order valence-electron chi connectivity index (χ3n) is 4.35. The number of amides is 1. The van der Waals surface area contributed by atoms with Crippen LogP contribution in [0.4, 0.5) is 0 Å². The standard InChI is InChI=1S/C23H23NO4S2/c1-2-27-21(25)12-7-13-24-22(26)20(30-23(24)29)15-18-10-6-11-19(14-18)28-16-17-8-4-3-5-9-17/h3-6,8-11,14-15H,2,7,12-13,16H2,1H3/b20-15-. The van der Waals surface area contributed by atoms with Gasteiger partial charge in [0.2, 0.25) is 0 Å². The number of ether oxygens (including phenoxy) is 2. The molecule has 0 N–H and O–H groups in total. The largest absolute Gasteiger partial charge is 0.489 e. The van der Waals surface area contributed by atoms with Crippen LogP contribution in [0.1, 0.15) is 30.9 Å².